The van der Waals surface area contributed by atoms with E-state index < -0.39 is 0 Å². The quantitative estimate of drug-likeness (QED) is 0.750. The van der Waals surface area contributed by atoms with Crippen LogP contribution in [0.2, 0.25) is 0 Å². The average molecular weight is 291 g/mol. The lowest BCUT2D eigenvalue weighted by Gasteiger charge is -2.12. The molecular weight excluding hydrogens is 266 g/mol. The Morgan fingerprint density at radius 3 is 2.52 bits per heavy atom. The molecular formula is C16H25N3O2. The second-order valence-corrected chi connectivity index (χ2v) is 5.49. The Kier molecular flexibility index (Phi) is 6.72. The van der Waals surface area contributed by atoms with Crippen molar-refractivity contribution in [3.05, 3.63) is 23.8 Å². The van der Waals surface area contributed by atoms with Crippen molar-refractivity contribution in [2.75, 3.05) is 17.2 Å². The largest absolute Gasteiger partial charge is 0.338 e. The highest BCUT2D eigenvalue weighted by Gasteiger charge is 2.07. The third-order valence-corrected chi connectivity index (χ3v) is 3.10. The maximum Gasteiger partial charge on any atom is 0.319 e. The summed E-state index contributed by atoms with van der Waals surface area (Å²) in [5, 5.41) is 8.42. The maximum atomic E-state index is 11.8. The van der Waals surface area contributed by atoms with E-state index in [4.69, 9.17) is 0 Å². The minimum Gasteiger partial charge on any atom is -0.338 e. The molecule has 3 amide bonds. The Hall–Kier alpha value is -2.04. The topological polar surface area (TPSA) is 70.2 Å². The van der Waals surface area contributed by atoms with Gasteiger partial charge in [-0.1, -0.05) is 26.8 Å². The fourth-order valence-electron chi connectivity index (χ4n) is 1.72. The molecule has 1 aromatic carbocycles. The summed E-state index contributed by atoms with van der Waals surface area (Å²) < 4.78 is 0. The van der Waals surface area contributed by atoms with Gasteiger partial charge in [0.2, 0.25) is 5.91 Å². The van der Waals surface area contributed by atoms with Gasteiger partial charge in [-0.2, -0.15) is 0 Å². The first kappa shape index (κ1) is 17.0. The zero-order valence-corrected chi connectivity index (χ0v) is 13.2. The van der Waals surface area contributed by atoms with Gasteiger partial charge in [0.1, 0.15) is 0 Å². The second kappa shape index (κ2) is 8.29. The molecule has 21 heavy (non-hydrogen) atoms. The molecule has 0 spiro atoms. The van der Waals surface area contributed by atoms with Crippen LogP contribution in [0, 0.1) is 12.8 Å². The fourth-order valence-corrected chi connectivity index (χ4v) is 1.72. The van der Waals surface area contributed by atoms with Crippen LogP contribution in [0.3, 0.4) is 0 Å². The number of hydrogen-bond donors (Lipinski definition) is 3. The van der Waals surface area contributed by atoms with Gasteiger partial charge in [-0.3, -0.25) is 4.79 Å². The maximum absolute atomic E-state index is 11.8. The number of carbonyl (C=O) groups is 2. The van der Waals surface area contributed by atoms with Crippen LogP contribution in [-0.2, 0) is 4.79 Å². The molecule has 0 aromatic heterocycles. The molecule has 0 fully saturated rings. The molecule has 0 radical (unpaired) electrons. The van der Waals surface area contributed by atoms with Crippen LogP contribution >= 0.6 is 0 Å². The molecule has 5 nitrogen and oxygen atoms in total. The van der Waals surface area contributed by atoms with E-state index in [1.165, 1.54) is 0 Å². The molecule has 0 heterocycles. The zero-order chi connectivity index (χ0) is 15.8. The fraction of sp³-hybridized carbons (Fsp3) is 0.500. The highest BCUT2D eigenvalue weighted by molar-refractivity contribution is 5.94. The normalized spacial score (nSPS) is 10.3. The first-order valence-electron chi connectivity index (χ1n) is 7.37. The Morgan fingerprint density at radius 1 is 1.19 bits per heavy atom. The van der Waals surface area contributed by atoms with Gasteiger partial charge in [-0.15, -0.1) is 0 Å². The van der Waals surface area contributed by atoms with E-state index >= 15 is 0 Å². The lowest BCUT2D eigenvalue weighted by molar-refractivity contribution is -0.115. The molecule has 0 unspecified atom stereocenters. The van der Waals surface area contributed by atoms with Gasteiger partial charge in [0, 0.05) is 24.3 Å². The first-order chi connectivity index (χ1) is 9.92. The number of urea groups is 1. The Bertz CT molecular complexity index is 498. The Balaban J connectivity index is 2.62. The van der Waals surface area contributed by atoms with Crippen molar-refractivity contribution in [1.29, 1.82) is 0 Å². The minimum absolute atomic E-state index is 0.0498. The van der Waals surface area contributed by atoms with Gasteiger partial charge in [-0.25, -0.2) is 4.79 Å². The highest BCUT2D eigenvalue weighted by Crippen LogP contribution is 2.20. The van der Waals surface area contributed by atoms with Gasteiger partial charge >= 0.3 is 6.03 Å². The van der Waals surface area contributed by atoms with E-state index in [1.54, 1.807) is 13.0 Å². The van der Waals surface area contributed by atoms with Crippen LogP contribution in [0.4, 0.5) is 16.2 Å². The molecule has 0 aliphatic heterocycles. The summed E-state index contributed by atoms with van der Waals surface area (Å²) in [6.07, 6.45) is 1.37. The van der Waals surface area contributed by atoms with E-state index in [0.29, 0.717) is 30.3 Å². The number of rotatable bonds is 6. The van der Waals surface area contributed by atoms with Crippen LogP contribution in [-0.4, -0.2) is 18.5 Å². The van der Waals surface area contributed by atoms with Crippen LogP contribution in [0.25, 0.3) is 0 Å². The number of aryl methyl sites for hydroxylation is 1. The summed E-state index contributed by atoms with van der Waals surface area (Å²) >= 11 is 0. The average Bonchev–Trinajstić information content (AvgIpc) is 2.42. The van der Waals surface area contributed by atoms with Crippen LogP contribution in [0.5, 0.6) is 0 Å². The van der Waals surface area contributed by atoms with Crippen LogP contribution in [0.1, 0.15) is 39.2 Å². The molecule has 0 saturated heterocycles. The zero-order valence-electron chi connectivity index (χ0n) is 13.2. The number of anilines is 2. The molecule has 1 rings (SSSR count). The molecule has 3 N–H and O–H groups in total. The first-order valence-corrected chi connectivity index (χ1v) is 7.37. The number of amides is 3. The molecule has 0 bridgehead atoms. The van der Waals surface area contributed by atoms with E-state index in [2.05, 4.69) is 29.8 Å². The molecule has 0 aliphatic rings. The van der Waals surface area contributed by atoms with Crippen molar-refractivity contribution in [2.45, 2.75) is 40.5 Å². The second-order valence-electron chi connectivity index (χ2n) is 5.49. The molecule has 0 atom stereocenters. The third kappa shape index (κ3) is 6.29. The SMILES string of the molecule is CCC(=O)Nc1ccc(C)c(NC(=O)NCCC(C)C)c1. The monoisotopic (exact) mass is 291 g/mol. The van der Waals surface area contributed by atoms with Gasteiger partial charge < -0.3 is 16.0 Å². The third-order valence-electron chi connectivity index (χ3n) is 3.10. The van der Waals surface area contributed by atoms with E-state index in [9.17, 15) is 9.59 Å². The Labute approximate surface area is 126 Å². The van der Waals surface area contributed by atoms with Crippen molar-refractivity contribution >= 4 is 23.3 Å². The van der Waals surface area contributed by atoms with Crippen LogP contribution < -0.4 is 16.0 Å². The lowest BCUT2D eigenvalue weighted by atomic mass is 10.1. The predicted octanol–water partition coefficient (Wildman–Crippen LogP) is 3.51. The summed E-state index contributed by atoms with van der Waals surface area (Å²) in [7, 11) is 0. The standard InChI is InChI=1S/C16H25N3O2/c1-5-15(20)18-13-7-6-12(4)14(10-13)19-16(21)17-9-8-11(2)3/h6-7,10-11H,5,8-9H2,1-4H3,(H,18,20)(H2,17,19,21). The number of benzene rings is 1. The number of carbonyl (C=O) groups excluding carboxylic acids is 2. The smallest absolute Gasteiger partial charge is 0.319 e. The summed E-state index contributed by atoms with van der Waals surface area (Å²) in [6, 6.07) is 5.24. The van der Waals surface area contributed by atoms with E-state index in [-0.39, 0.29) is 11.9 Å². The van der Waals surface area contributed by atoms with Crippen molar-refractivity contribution in [3.8, 4) is 0 Å². The Morgan fingerprint density at radius 2 is 1.90 bits per heavy atom. The van der Waals surface area contributed by atoms with E-state index in [1.807, 2.05) is 19.1 Å². The summed E-state index contributed by atoms with van der Waals surface area (Å²) in [5.74, 6) is 0.505. The van der Waals surface area contributed by atoms with Gasteiger partial charge in [0.05, 0.1) is 0 Å². The molecule has 5 heteroatoms. The highest BCUT2D eigenvalue weighted by atomic mass is 16.2. The van der Waals surface area contributed by atoms with Gasteiger partial charge in [0.25, 0.3) is 0 Å². The summed E-state index contributed by atoms with van der Waals surface area (Å²) in [6.45, 7) is 8.59. The van der Waals surface area contributed by atoms with Gasteiger partial charge in [0.15, 0.2) is 0 Å². The van der Waals surface area contributed by atoms with Crippen molar-refractivity contribution in [2.24, 2.45) is 5.92 Å². The molecule has 0 saturated carbocycles. The summed E-state index contributed by atoms with van der Waals surface area (Å²) in [5.41, 5.74) is 2.33. The van der Waals surface area contributed by atoms with Crippen molar-refractivity contribution in [1.82, 2.24) is 5.32 Å². The van der Waals surface area contributed by atoms with Crippen molar-refractivity contribution in [3.63, 3.8) is 0 Å². The minimum atomic E-state index is -0.224. The predicted molar refractivity (Wildman–Crippen MR) is 86.6 cm³/mol. The lowest BCUT2D eigenvalue weighted by Crippen LogP contribution is -2.30. The molecule has 0 aliphatic carbocycles. The molecule has 116 valence electrons. The van der Waals surface area contributed by atoms with Crippen LogP contribution in [0.15, 0.2) is 18.2 Å². The van der Waals surface area contributed by atoms with E-state index in [0.717, 1.165) is 12.0 Å². The number of nitrogens with one attached hydrogen (secondary N) is 3. The van der Waals surface area contributed by atoms with Crippen molar-refractivity contribution < 1.29 is 9.59 Å². The molecule has 1 aromatic rings. The summed E-state index contributed by atoms with van der Waals surface area (Å²) in [4.78, 5) is 23.2. The number of hydrogen-bond acceptors (Lipinski definition) is 2. The van der Waals surface area contributed by atoms with Gasteiger partial charge in [-0.05, 0) is 37.0 Å².